The maximum atomic E-state index is 10.4. The zero-order valence-electron chi connectivity index (χ0n) is 19.0. The molecule has 34 heavy (non-hydrogen) atoms. The standard InChI is InChI=1S/C24H28Cl2N6O2/c1-24(14-34-13-21(24)33)31-6-4-30(5-7-31)20-9-15-10-22(27-11-16(15)8-18(20)25)29-19-12-28-32(23(19)26)17-2-3-17/h8-12,17,21,33H,2-7,13-14H2,1H3,(H,27,29)/t21-,24+/m1/s1. The number of aromatic nitrogens is 3. The molecule has 3 fully saturated rings. The topological polar surface area (TPSA) is 78.7 Å². The van der Waals surface area contributed by atoms with E-state index in [0.717, 1.165) is 61.2 Å². The molecular weight excluding hydrogens is 475 g/mol. The van der Waals surface area contributed by atoms with Gasteiger partial charge in [0.2, 0.25) is 0 Å². The van der Waals surface area contributed by atoms with Crippen molar-refractivity contribution < 1.29 is 9.84 Å². The quantitative estimate of drug-likeness (QED) is 0.543. The molecular formula is C24H28Cl2N6O2. The number of rotatable bonds is 5. The van der Waals surface area contributed by atoms with E-state index in [1.54, 1.807) is 6.20 Å². The van der Waals surface area contributed by atoms with Gasteiger partial charge in [-0.25, -0.2) is 9.67 Å². The van der Waals surface area contributed by atoms with Crippen LogP contribution in [-0.4, -0.2) is 75.8 Å². The Hall–Kier alpha value is -2.10. The van der Waals surface area contributed by atoms with Gasteiger partial charge in [0.15, 0.2) is 5.15 Å². The van der Waals surface area contributed by atoms with Gasteiger partial charge in [0, 0.05) is 37.8 Å². The molecule has 8 nitrogen and oxygen atoms in total. The van der Waals surface area contributed by atoms with Crippen molar-refractivity contribution in [3.05, 3.63) is 40.8 Å². The van der Waals surface area contributed by atoms with Gasteiger partial charge >= 0.3 is 0 Å². The number of benzene rings is 1. The van der Waals surface area contributed by atoms with E-state index in [1.807, 2.05) is 23.0 Å². The summed E-state index contributed by atoms with van der Waals surface area (Å²) < 4.78 is 7.40. The highest BCUT2D eigenvalue weighted by Gasteiger charge is 2.44. The van der Waals surface area contributed by atoms with Crippen molar-refractivity contribution >= 4 is 51.2 Å². The number of aliphatic hydroxyl groups is 1. The van der Waals surface area contributed by atoms with Crippen LogP contribution in [0.25, 0.3) is 10.8 Å². The van der Waals surface area contributed by atoms with Crippen molar-refractivity contribution in [2.45, 2.75) is 37.5 Å². The Morgan fingerprint density at radius 2 is 1.88 bits per heavy atom. The minimum absolute atomic E-state index is 0.319. The van der Waals surface area contributed by atoms with Crippen molar-refractivity contribution in [3.63, 3.8) is 0 Å². The monoisotopic (exact) mass is 502 g/mol. The highest BCUT2D eigenvalue weighted by molar-refractivity contribution is 6.34. The lowest BCUT2D eigenvalue weighted by molar-refractivity contribution is 0.00884. The molecule has 1 aromatic carbocycles. The number of aliphatic hydroxyl groups excluding tert-OH is 1. The number of nitrogens with zero attached hydrogens (tertiary/aromatic N) is 5. The molecule has 3 aliphatic rings. The van der Waals surface area contributed by atoms with Crippen LogP contribution in [0.2, 0.25) is 10.2 Å². The lowest BCUT2D eigenvalue weighted by Gasteiger charge is -2.45. The van der Waals surface area contributed by atoms with Crippen LogP contribution in [0.4, 0.5) is 17.2 Å². The van der Waals surface area contributed by atoms with Crippen LogP contribution in [0.1, 0.15) is 25.8 Å². The van der Waals surface area contributed by atoms with Crippen molar-refractivity contribution in [2.75, 3.05) is 49.6 Å². The molecule has 10 heteroatoms. The number of halogens is 2. The van der Waals surface area contributed by atoms with E-state index in [1.165, 1.54) is 0 Å². The average molecular weight is 503 g/mol. The fraction of sp³-hybridized carbons (Fsp3) is 0.500. The summed E-state index contributed by atoms with van der Waals surface area (Å²) in [6, 6.07) is 6.54. The number of nitrogens with one attached hydrogen (secondary N) is 1. The van der Waals surface area contributed by atoms with E-state index in [4.69, 9.17) is 27.9 Å². The molecule has 6 rings (SSSR count). The van der Waals surface area contributed by atoms with Gasteiger partial charge in [-0.3, -0.25) is 4.90 Å². The van der Waals surface area contributed by atoms with Crippen molar-refractivity contribution in [2.24, 2.45) is 0 Å². The normalized spacial score (nSPS) is 25.9. The number of fused-ring (bicyclic) bond motifs is 1. The van der Waals surface area contributed by atoms with E-state index in [2.05, 4.69) is 38.2 Å². The van der Waals surface area contributed by atoms with Crippen LogP contribution >= 0.6 is 23.2 Å². The zero-order chi connectivity index (χ0) is 23.4. The molecule has 2 saturated heterocycles. The maximum absolute atomic E-state index is 10.4. The Kier molecular flexibility index (Phi) is 5.61. The third-order valence-electron chi connectivity index (χ3n) is 7.41. The van der Waals surface area contributed by atoms with Gasteiger partial charge in [0.25, 0.3) is 0 Å². The van der Waals surface area contributed by atoms with Gasteiger partial charge in [0.1, 0.15) is 5.82 Å². The van der Waals surface area contributed by atoms with Gasteiger partial charge < -0.3 is 20.1 Å². The minimum atomic E-state index is -0.452. The first-order valence-corrected chi connectivity index (χ1v) is 12.5. The van der Waals surface area contributed by atoms with Crippen LogP contribution in [0.15, 0.2) is 30.6 Å². The Bertz CT molecular complexity index is 1220. The summed E-state index contributed by atoms with van der Waals surface area (Å²) in [4.78, 5) is 9.20. The lowest BCUT2D eigenvalue weighted by atomic mass is 9.95. The minimum Gasteiger partial charge on any atom is -0.389 e. The summed E-state index contributed by atoms with van der Waals surface area (Å²) in [6.45, 7) is 6.42. The fourth-order valence-corrected chi connectivity index (χ4v) is 5.59. The number of piperazine rings is 1. The molecule has 2 aromatic heterocycles. The van der Waals surface area contributed by atoms with E-state index in [0.29, 0.717) is 35.2 Å². The predicted molar refractivity (Wildman–Crippen MR) is 135 cm³/mol. The smallest absolute Gasteiger partial charge is 0.150 e. The summed E-state index contributed by atoms with van der Waals surface area (Å²) in [5.74, 6) is 0.714. The summed E-state index contributed by atoms with van der Waals surface area (Å²) in [6.07, 6.45) is 5.38. The van der Waals surface area contributed by atoms with E-state index in [-0.39, 0.29) is 5.54 Å². The molecule has 0 amide bonds. The third-order valence-corrected chi connectivity index (χ3v) is 8.09. The van der Waals surface area contributed by atoms with Crippen LogP contribution in [0.3, 0.4) is 0 Å². The lowest BCUT2D eigenvalue weighted by Crippen LogP contribution is -2.60. The van der Waals surface area contributed by atoms with Crippen molar-refractivity contribution in [1.29, 1.82) is 0 Å². The molecule has 4 heterocycles. The van der Waals surface area contributed by atoms with Crippen LogP contribution in [0, 0.1) is 0 Å². The first-order chi connectivity index (χ1) is 16.4. The largest absolute Gasteiger partial charge is 0.389 e. The highest BCUT2D eigenvalue weighted by atomic mass is 35.5. The van der Waals surface area contributed by atoms with Crippen LogP contribution in [0.5, 0.6) is 0 Å². The molecule has 0 spiro atoms. The van der Waals surface area contributed by atoms with E-state index in [9.17, 15) is 5.11 Å². The second-order valence-corrected chi connectivity index (χ2v) is 10.5. The first-order valence-electron chi connectivity index (χ1n) is 11.8. The Labute approximate surface area is 208 Å². The van der Waals surface area contributed by atoms with Crippen LogP contribution < -0.4 is 10.2 Å². The molecule has 0 radical (unpaired) electrons. The van der Waals surface area contributed by atoms with Crippen LogP contribution in [-0.2, 0) is 4.74 Å². The fourth-order valence-electron chi connectivity index (χ4n) is 5.02. The van der Waals surface area contributed by atoms with Gasteiger partial charge in [0.05, 0.1) is 53.5 Å². The molecule has 2 aliphatic heterocycles. The average Bonchev–Trinajstić information content (AvgIpc) is 3.54. The Balaban J connectivity index is 1.21. The number of anilines is 3. The second kappa shape index (κ2) is 8.53. The molecule has 180 valence electrons. The second-order valence-electron chi connectivity index (χ2n) is 9.73. The molecule has 1 aliphatic carbocycles. The van der Waals surface area contributed by atoms with Gasteiger partial charge in [-0.2, -0.15) is 5.10 Å². The number of ether oxygens (including phenoxy) is 1. The zero-order valence-corrected chi connectivity index (χ0v) is 20.6. The SMILES string of the molecule is C[C@]1(N2CCN(c3cc4cc(Nc5cnn(C6CC6)c5Cl)ncc4cc3Cl)CC2)COC[C@H]1O. The van der Waals surface area contributed by atoms with Crippen molar-refractivity contribution in [1.82, 2.24) is 19.7 Å². The molecule has 2 atom stereocenters. The summed E-state index contributed by atoms with van der Waals surface area (Å²) in [7, 11) is 0. The predicted octanol–water partition coefficient (Wildman–Crippen LogP) is 4.09. The molecule has 0 unspecified atom stereocenters. The molecule has 1 saturated carbocycles. The summed E-state index contributed by atoms with van der Waals surface area (Å²) >= 11 is 13.2. The van der Waals surface area contributed by atoms with Gasteiger partial charge in [-0.1, -0.05) is 23.2 Å². The number of hydrogen-bond donors (Lipinski definition) is 2. The number of hydrogen-bond acceptors (Lipinski definition) is 7. The maximum Gasteiger partial charge on any atom is 0.150 e. The van der Waals surface area contributed by atoms with Gasteiger partial charge in [-0.15, -0.1) is 0 Å². The Morgan fingerprint density at radius 3 is 2.59 bits per heavy atom. The summed E-state index contributed by atoms with van der Waals surface area (Å²) in [5.41, 5.74) is 1.45. The van der Waals surface area contributed by atoms with E-state index < -0.39 is 6.10 Å². The first kappa shape index (κ1) is 22.4. The Morgan fingerprint density at radius 1 is 1.09 bits per heavy atom. The van der Waals surface area contributed by atoms with Crippen molar-refractivity contribution in [3.8, 4) is 0 Å². The molecule has 2 N–H and O–H groups in total. The molecule has 0 bridgehead atoms. The third kappa shape index (κ3) is 3.91. The molecule has 3 aromatic rings. The van der Waals surface area contributed by atoms with Gasteiger partial charge in [-0.05, 0) is 43.4 Å². The highest BCUT2D eigenvalue weighted by Crippen LogP contribution is 2.39. The van der Waals surface area contributed by atoms with E-state index >= 15 is 0 Å². The summed E-state index contributed by atoms with van der Waals surface area (Å²) in [5, 5.41) is 21.5. The number of pyridine rings is 1.